The molecule has 0 aliphatic carbocycles. The average molecular weight is 420 g/mol. The molecule has 0 saturated carbocycles. The fourth-order valence-electron chi connectivity index (χ4n) is 3.10. The van der Waals surface area contributed by atoms with Gasteiger partial charge in [0.05, 0.1) is 13.3 Å². The first-order valence-corrected chi connectivity index (χ1v) is 10.8. The maximum Gasteiger partial charge on any atom is 0.285 e. The van der Waals surface area contributed by atoms with E-state index in [4.69, 9.17) is 4.74 Å². The predicted molar refractivity (Wildman–Crippen MR) is 115 cm³/mol. The van der Waals surface area contributed by atoms with Gasteiger partial charge in [-0.1, -0.05) is 12.1 Å². The van der Waals surface area contributed by atoms with Crippen molar-refractivity contribution >= 4 is 22.1 Å². The van der Waals surface area contributed by atoms with E-state index in [-0.39, 0.29) is 4.90 Å². The van der Waals surface area contributed by atoms with Crippen molar-refractivity contribution in [2.45, 2.75) is 11.3 Å². The Morgan fingerprint density at radius 1 is 1.03 bits per heavy atom. The molecule has 4 rings (SSSR count). The number of aromatic nitrogens is 1. The van der Waals surface area contributed by atoms with Crippen LogP contribution in [-0.2, 0) is 16.4 Å². The van der Waals surface area contributed by atoms with Crippen molar-refractivity contribution in [3.05, 3.63) is 89.7 Å². The monoisotopic (exact) mass is 420 g/mol. The van der Waals surface area contributed by atoms with E-state index >= 15 is 0 Å². The summed E-state index contributed by atoms with van der Waals surface area (Å²) >= 11 is 0. The molecule has 0 atom stereocenters. The zero-order valence-corrected chi connectivity index (χ0v) is 17.2. The highest BCUT2D eigenvalue weighted by atomic mass is 32.2. The van der Waals surface area contributed by atoms with Gasteiger partial charge in [-0.25, -0.2) is 5.01 Å². The van der Waals surface area contributed by atoms with Crippen LogP contribution in [0.3, 0.4) is 0 Å². The summed E-state index contributed by atoms with van der Waals surface area (Å²) in [6.45, 7) is 0.458. The maximum atomic E-state index is 12.5. The van der Waals surface area contributed by atoms with Gasteiger partial charge < -0.3 is 4.74 Å². The summed E-state index contributed by atoms with van der Waals surface area (Å²) in [5, 5.41) is 6.20. The molecule has 7 nitrogen and oxygen atoms in total. The number of amidine groups is 1. The van der Waals surface area contributed by atoms with Crippen LogP contribution >= 0.6 is 0 Å². The molecule has 0 unspecified atom stereocenters. The van der Waals surface area contributed by atoms with Gasteiger partial charge in [-0.05, 0) is 66.1 Å². The molecule has 0 radical (unpaired) electrons. The summed E-state index contributed by atoms with van der Waals surface area (Å²) in [5.74, 6) is 1.08. The smallest absolute Gasteiger partial charge is 0.285 e. The average Bonchev–Trinajstić information content (AvgIpc) is 3.06. The normalized spacial score (nSPS) is 14.4. The number of hydrogen-bond acceptors (Lipinski definition) is 6. The third kappa shape index (κ3) is 4.23. The van der Waals surface area contributed by atoms with Crippen LogP contribution in [-0.4, -0.2) is 44.1 Å². The molecule has 2 heterocycles. The fourth-order valence-corrected chi connectivity index (χ4v) is 4.31. The van der Waals surface area contributed by atoms with Crippen LogP contribution in [0.25, 0.3) is 0 Å². The lowest BCUT2D eigenvalue weighted by atomic mass is 10.1. The van der Waals surface area contributed by atoms with Gasteiger partial charge in [0.15, 0.2) is 5.84 Å². The van der Waals surface area contributed by atoms with E-state index in [1.807, 2.05) is 36.4 Å². The lowest BCUT2D eigenvalue weighted by molar-refractivity contribution is 0.415. The molecule has 1 aliphatic rings. The summed E-state index contributed by atoms with van der Waals surface area (Å²) in [5.41, 5.74) is 2.49. The molecule has 0 N–H and O–H groups in total. The van der Waals surface area contributed by atoms with E-state index in [1.165, 1.54) is 0 Å². The molecule has 0 saturated heterocycles. The van der Waals surface area contributed by atoms with Crippen LogP contribution in [0.15, 0.2) is 87.5 Å². The third-order valence-corrected chi connectivity index (χ3v) is 6.01. The highest BCUT2D eigenvalue weighted by Gasteiger charge is 2.31. The van der Waals surface area contributed by atoms with Gasteiger partial charge in [-0.15, -0.1) is 4.40 Å². The number of fused-ring (bicyclic) bond motifs is 1. The van der Waals surface area contributed by atoms with Crippen molar-refractivity contribution in [3.63, 3.8) is 0 Å². The number of ether oxygens (including phenoxy) is 1. The molecular formula is C22H20N4O3S. The molecule has 0 bridgehead atoms. The second-order valence-corrected chi connectivity index (χ2v) is 8.20. The minimum absolute atomic E-state index is 0.202. The van der Waals surface area contributed by atoms with Crippen LogP contribution in [0.5, 0.6) is 5.75 Å². The van der Waals surface area contributed by atoms with Crippen LogP contribution in [0, 0.1) is 0 Å². The Morgan fingerprint density at radius 2 is 1.77 bits per heavy atom. The number of hydrogen-bond donors (Lipinski definition) is 0. The molecule has 0 fully saturated rings. The molecule has 152 valence electrons. The Hall–Kier alpha value is -3.52. The number of sulfonamides is 1. The summed E-state index contributed by atoms with van der Waals surface area (Å²) in [7, 11) is -2.12. The summed E-state index contributed by atoms with van der Waals surface area (Å²) in [4.78, 5) is 4.23. The Balaban J connectivity index is 1.66. The van der Waals surface area contributed by atoms with Crippen LogP contribution in [0.4, 0.5) is 0 Å². The molecule has 0 amide bonds. The number of nitrogens with zero attached hydrogens (tertiary/aromatic N) is 4. The first-order valence-electron chi connectivity index (χ1n) is 9.36. The Kier molecular flexibility index (Phi) is 5.58. The largest absolute Gasteiger partial charge is 0.497 e. The van der Waals surface area contributed by atoms with Crippen LogP contribution in [0.1, 0.15) is 16.7 Å². The fraction of sp³-hybridized carbons (Fsp3) is 0.136. The lowest BCUT2D eigenvalue weighted by Crippen LogP contribution is -2.28. The van der Waals surface area contributed by atoms with Crippen LogP contribution < -0.4 is 4.74 Å². The van der Waals surface area contributed by atoms with Gasteiger partial charge in [0.25, 0.3) is 10.0 Å². The van der Waals surface area contributed by atoms with E-state index in [2.05, 4.69) is 14.5 Å². The Labute approximate surface area is 175 Å². The maximum absolute atomic E-state index is 12.5. The molecule has 3 aromatic rings. The zero-order chi connectivity index (χ0) is 21.0. The highest BCUT2D eigenvalue weighted by molar-refractivity contribution is 7.90. The molecule has 0 spiro atoms. The number of methoxy groups -OCH3 is 1. The highest BCUT2D eigenvalue weighted by Crippen LogP contribution is 2.27. The summed E-state index contributed by atoms with van der Waals surface area (Å²) in [6.07, 6.45) is 5.80. The van der Waals surface area contributed by atoms with Gasteiger partial charge in [0.1, 0.15) is 10.6 Å². The van der Waals surface area contributed by atoms with E-state index in [0.717, 1.165) is 16.9 Å². The van der Waals surface area contributed by atoms with Gasteiger partial charge >= 0.3 is 0 Å². The van der Waals surface area contributed by atoms with Crippen molar-refractivity contribution in [1.29, 1.82) is 0 Å². The zero-order valence-electron chi connectivity index (χ0n) is 16.3. The molecular weight excluding hydrogens is 400 g/mol. The standard InChI is InChI=1S/C22H20N4O3S/c1-29-19-8-6-18(7-9-19)16-24-26(15-12-17-10-13-23-14-11-17)22-20-4-2-3-5-21(20)30(27,28)25-22/h2-11,13-14,16H,12,15H2,1H3. The van der Waals surface area contributed by atoms with E-state index < -0.39 is 10.0 Å². The number of hydrazone groups is 1. The predicted octanol–water partition coefficient (Wildman–Crippen LogP) is 3.12. The van der Waals surface area contributed by atoms with Crippen LogP contribution in [0.2, 0.25) is 0 Å². The Morgan fingerprint density at radius 3 is 2.50 bits per heavy atom. The van der Waals surface area contributed by atoms with Gasteiger partial charge in [0, 0.05) is 24.5 Å². The van der Waals surface area contributed by atoms with E-state index in [1.54, 1.807) is 55.0 Å². The Bertz CT molecular complexity index is 1190. The molecule has 1 aliphatic heterocycles. The minimum atomic E-state index is -3.73. The lowest BCUT2D eigenvalue weighted by Gasteiger charge is -2.19. The van der Waals surface area contributed by atoms with Gasteiger partial charge in [0.2, 0.25) is 0 Å². The first kappa shape index (κ1) is 19.8. The third-order valence-electron chi connectivity index (χ3n) is 4.68. The summed E-state index contributed by atoms with van der Waals surface area (Å²) < 4.78 is 34.2. The van der Waals surface area contributed by atoms with E-state index in [9.17, 15) is 8.42 Å². The summed E-state index contributed by atoms with van der Waals surface area (Å²) in [6, 6.07) is 18.1. The van der Waals surface area contributed by atoms with Gasteiger partial charge in [-0.2, -0.15) is 13.5 Å². The van der Waals surface area contributed by atoms with E-state index in [0.29, 0.717) is 24.4 Å². The van der Waals surface area contributed by atoms with Crippen molar-refractivity contribution in [1.82, 2.24) is 9.99 Å². The number of benzene rings is 2. The quantitative estimate of drug-likeness (QED) is 0.452. The first-order chi connectivity index (χ1) is 14.6. The van der Waals surface area contributed by atoms with Crippen molar-refractivity contribution in [3.8, 4) is 5.75 Å². The SMILES string of the molecule is COc1ccc(C=NN(CCc2ccncc2)C2=NS(=O)(=O)c3ccccc32)cc1. The molecule has 2 aromatic carbocycles. The number of pyridine rings is 1. The molecule has 30 heavy (non-hydrogen) atoms. The molecule has 8 heteroatoms. The minimum Gasteiger partial charge on any atom is -0.497 e. The number of rotatable bonds is 6. The van der Waals surface area contributed by atoms with Crippen molar-refractivity contribution in [2.75, 3.05) is 13.7 Å². The van der Waals surface area contributed by atoms with Gasteiger partial charge in [-0.3, -0.25) is 4.98 Å². The molecule has 1 aromatic heterocycles. The topological polar surface area (TPSA) is 84.2 Å². The van der Waals surface area contributed by atoms with Crippen molar-refractivity contribution in [2.24, 2.45) is 9.50 Å². The second-order valence-electron chi connectivity index (χ2n) is 6.63. The second kappa shape index (κ2) is 8.46. The van der Waals surface area contributed by atoms with Crippen molar-refractivity contribution < 1.29 is 13.2 Å².